The van der Waals surface area contributed by atoms with Crippen LogP contribution in [0, 0.1) is 6.92 Å². The maximum atomic E-state index is 12.4. The van der Waals surface area contributed by atoms with Crippen molar-refractivity contribution in [2.75, 3.05) is 11.1 Å². The summed E-state index contributed by atoms with van der Waals surface area (Å²) in [6, 6.07) is 15.1. The van der Waals surface area contributed by atoms with Crippen molar-refractivity contribution in [3.05, 3.63) is 65.9 Å². The van der Waals surface area contributed by atoms with Crippen LogP contribution in [0.1, 0.15) is 15.9 Å². The summed E-state index contributed by atoms with van der Waals surface area (Å²) in [5.74, 6) is 0.268. The molecule has 0 saturated heterocycles. The van der Waals surface area contributed by atoms with Crippen LogP contribution in [0.25, 0.3) is 10.8 Å². The quantitative estimate of drug-likeness (QED) is 0.706. The number of nitrogen functional groups attached to an aromatic ring is 1. The normalized spacial score (nSPS) is 10.5. The average molecular weight is 277 g/mol. The molecule has 3 rings (SSSR count). The number of aryl methyl sites for hydroxylation is 1. The topological polar surface area (TPSA) is 68.0 Å². The Morgan fingerprint density at radius 2 is 1.81 bits per heavy atom. The molecule has 0 radical (unpaired) electrons. The molecule has 2 aromatic carbocycles. The van der Waals surface area contributed by atoms with Gasteiger partial charge in [-0.1, -0.05) is 24.3 Å². The summed E-state index contributed by atoms with van der Waals surface area (Å²) in [4.78, 5) is 16.5. The van der Waals surface area contributed by atoms with Crippen molar-refractivity contribution >= 4 is 28.2 Å². The molecule has 4 heteroatoms. The molecular weight excluding hydrogens is 262 g/mol. The van der Waals surface area contributed by atoms with Gasteiger partial charge in [0.05, 0.1) is 5.56 Å². The Hall–Kier alpha value is -2.88. The Morgan fingerprint density at radius 1 is 1.10 bits per heavy atom. The molecule has 1 amide bonds. The van der Waals surface area contributed by atoms with Crippen LogP contribution in [0.3, 0.4) is 0 Å². The number of nitrogens with one attached hydrogen (secondary N) is 1. The van der Waals surface area contributed by atoms with Crippen LogP contribution in [0.4, 0.5) is 11.5 Å². The van der Waals surface area contributed by atoms with E-state index < -0.39 is 0 Å². The van der Waals surface area contributed by atoms with Crippen LogP contribution >= 0.6 is 0 Å². The summed E-state index contributed by atoms with van der Waals surface area (Å²) < 4.78 is 0. The first-order valence-electron chi connectivity index (χ1n) is 6.66. The van der Waals surface area contributed by atoms with E-state index in [1.165, 1.54) is 0 Å². The Kier molecular flexibility index (Phi) is 3.28. The second kappa shape index (κ2) is 5.25. The van der Waals surface area contributed by atoms with E-state index in [-0.39, 0.29) is 5.91 Å². The molecule has 0 aliphatic rings. The summed E-state index contributed by atoms with van der Waals surface area (Å²) in [6.45, 7) is 1.95. The number of carbonyl (C=O) groups is 1. The third-order valence-electron chi connectivity index (χ3n) is 3.32. The predicted octanol–water partition coefficient (Wildman–Crippen LogP) is 3.38. The highest BCUT2D eigenvalue weighted by Gasteiger charge is 2.11. The molecule has 104 valence electrons. The SMILES string of the molecule is Cc1ccnc(NC(=O)c2cc3ccccc3cc2N)c1. The lowest BCUT2D eigenvalue weighted by atomic mass is 10.0. The Bertz CT molecular complexity index is 827. The number of nitrogens with two attached hydrogens (primary N) is 1. The minimum Gasteiger partial charge on any atom is -0.398 e. The molecule has 4 nitrogen and oxygen atoms in total. The Labute approximate surface area is 122 Å². The number of amides is 1. The van der Waals surface area contributed by atoms with Gasteiger partial charge in [0.2, 0.25) is 0 Å². The van der Waals surface area contributed by atoms with E-state index in [4.69, 9.17) is 5.73 Å². The third kappa shape index (κ3) is 2.69. The number of aromatic nitrogens is 1. The van der Waals surface area contributed by atoms with Gasteiger partial charge in [0.25, 0.3) is 5.91 Å². The van der Waals surface area contributed by atoms with E-state index in [1.807, 2.05) is 49.4 Å². The highest BCUT2D eigenvalue weighted by atomic mass is 16.1. The first-order chi connectivity index (χ1) is 10.1. The molecule has 0 saturated carbocycles. The van der Waals surface area contributed by atoms with Crippen molar-refractivity contribution in [3.63, 3.8) is 0 Å². The summed E-state index contributed by atoms with van der Waals surface area (Å²) >= 11 is 0. The van der Waals surface area contributed by atoms with Crippen LogP contribution in [0.15, 0.2) is 54.7 Å². The summed E-state index contributed by atoms with van der Waals surface area (Å²) in [7, 11) is 0. The van der Waals surface area contributed by atoms with Gasteiger partial charge in [-0.05, 0) is 47.5 Å². The van der Waals surface area contributed by atoms with E-state index in [0.717, 1.165) is 16.3 Å². The highest BCUT2D eigenvalue weighted by Crippen LogP contribution is 2.22. The second-order valence-electron chi connectivity index (χ2n) is 4.96. The molecule has 3 N–H and O–H groups in total. The number of rotatable bonds is 2. The van der Waals surface area contributed by atoms with Crippen molar-refractivity contribution in [2.45, 2.75) is 6.92 Å². The van der Waals surface area contributed by atoms with E-state index in [2.05, 4.69) is 10.3 Å². The average Bonchev–Trinajstić information content (AvgIpc) is 2.46. The summed E-state index contributed by atoms with van der Waals surface area (Å²) in [5, 5.41) is 4.77. The number of nitrogens with zero attached hydrogens (tertiary/aromatic N) is 1. The fraction of sp³-hybridized carbons (Fsp3) is 0.0588. The monoisotopic (exact) mass is 277 g/mol. The molecular formula is C17H15N3O. The number of anilines is 2. The molecule has 0 unspecified atom stereocenters. The zero-order valence-corrected chi connectivity index (χ0v) is 11.6. The van der Waals surface area contributed by atoms with Crippen LogP contribution < -0.4 is 11.1 Å². The van der Waals surface area contributed by atoms with Gasteiger partial charge in [-0.2, -0.15) is 0 Å². The lowest BCUT2D eigenvalue weighted by Crippen LogP contribution is -2.15. The second-order valence-corrected chi connectivity index (χ2v) is 4.96. The zero-order valence-electron chi connectivity index (χ0n) is 11.6. The Balaban J connectivity index is 1.96. The van der Waals surface area contributed by atoms with Crippen molar-refractivity contribution < 1.29 is 4.79 Å². The van der Waals surface area contributed by atoms with Gasteiger partial charge >= 0.3 is 0 Å². The minimum atomic E-state index is -0.253. The van der Waals surface area contributed by atoms with Crippen LogP contribution in [0.2, 0.25) is 0 Å². The number of benzene rings is 2. The molecule has 1 heterocycles. The molecule has 0 spiro atoms. The van der Waals surface area contributed by atoms with Crippen molar-refractivity contribution in [3.8, 4) is 0 Å². The number of pyridine rings is 1. The largest absolute Gasteiger partial charge is 0.398 e. The number of fused-ring (bicyclic) bond motifs is 1. The highest BCUT2D eigenvalue weighted by molar-refractivity contribution is 6.10. The smallest absolute Gasteiger partial charge is 0.258 e. The number of carbonyl (C=O) groups excluding carboxylic acids is 1. The lowest BCUT2D eigenvalue weighted by Gasteiger charge is -2.09. The molecule has 21 heavy (non-hydrogen) atoms. The molecule has 3 aromatic rings. The van der Waals surface area contributed by atoms with Crippen molar-refractivity contribution in [1.82, 2.24) is 4.98 Å². The first-order valence-corrected chi connectivity index (χ1v) is 6.66. The fourth-order valence-corrected chi connectivity index (χ4v) is 2.24. The standard InChI is InChI=1S/C17H15N3O/c1-11-6-7-19-16(8-11)20-17(21)14-9-12-4-2-3-5-13(12)10-15(14)18/h2-10H,18H2,1H3,(H,19,20,21). The summed E-state index contributed by atoms with van der Waals surface area (Å²) in [6.07, 6.45) is 1.66. The number of hydrogen-bond acceptors (Lipinski definition) is 3. The lowest BCUT2D eigenvalue weighted by molar-refractivity contribution is 0.102. The van der Waals surface area contributed by atoms with Gasteiger partial charge in [0.1, 0.15) is 5.82 Å². The van der Waals surface area contributed by atoms with Crippen LogP contribution in [-0.4, -0.2) is 10.9 Å². The third-order valence-corrected chi connectivity index (χ3v) is 3.32. The van der Waals surface area contributed by atoms with Gasteiger partial charge in [-0.25, -0.2) is 4.98 Å². The van der Waals surface area contributed by atoms with Crippen molar-refractivity contribution in [2.24, 2.45) is 0 Å². The molecule has 0 bridgehead atoms. The van der Waals surface area contributed by atoms with Gasteiger partial charge in [0.15, 0.2) is 0 Å². The summed E-state index contributed by atoms with van der Waals surface area (Å²) in [5.41, 5.74) is 7.94. The molecule has 0 aliphatic carbocycles. The fourth-order valence-electron chi connectivity index (χ4n) is 2.24. The molecule has 1 aromatic heterocycles. The van der Waals surface area contributed by atoms with E-state index in [9.17, 15) is 4.79 Å². The molecule has 0 atom stereocenters. The maximum absolute atomic E-state index is 12.4. The van der Waals surface area contributed by atoms with Crippen LogP contribution in [0.5, 0.6) is 0 Å². The predicted molar refractivity (Wildman–Crippen MR) is 85.3 cm³/mol. The van der Waals surface area contributed by atoms with E-state index in [1.54, 1.807) is 12.3 Å². The Morgan fingerprint density at radius 3 is 2.52 bits per heavy atom. The minimum absolute atomic E-state index is 0.253. The first kappa shape index (κ1) is 13.1. The van der Waals surface area contributed by atoms with E-state index >= 15 is 0 Å². The van der Waals surface area contributed by atoms with Crippen LogP contribution in [-0.2, 0) is 0 Å². The molecule has 0 fully saturated rings. The van der Waals surface area contributed by atoms with Gasteiger partial charge in [-0.3, -0.25) is 4.79 Å². The zero-order chi connectivity index (χ0) is 14.8. The van der Waals surface area contributed by atoms with Gasteiger partial charge in [0, 0.05) is 11.9 Å². The van der Waals surface area contributed by atoms with Gasteiger partial charge < -0.3 is 11.1 Å². The van der Waals surface area contributed by atoms with Crippen molar-refractivity contribution in [1.29, 1.82) is 0 Å². The maximum Gasteiger partial charge on any atom is 0.258 e. The number of hydrogen-bond donors (Lipinski definition) is 2. The van der Waals surface area contributed by atoms with E-state index in [0.29, 0.717) is 17.1 Å². The molecule has 0 aliphatic heterocycles. The van der Waals surface area contributed by atoms with Gasteiger partial charge in [-0.15, -0.1) is 0 Å².